The Balaban J connectivity index is 1.75. The molecule has 1 amide bonds. The molecule has 2 N–H and O–H groups in total. The van der Waals surface area contributed by atoms with Crippen molar-refractivity contribution in [3.05, 3.63) is 48.0 Å². The molecule has 0 radical (unpaired) electrons. The third-order valence-corrected chi connectivity index (χ3v) is 5.52. The van der Waals surface area contributed by atoms with Gasteiger partial charge in [0.15, 0.2) is 0 Å². The Morgan fingerprint density at radius 3 is 2.77 bits per heavy atom. The first-order valence-corrected chi connectivity index (χ1v) is 10.8. The summed E-state index contributed by atoms with van der Waals surface area (Å²) in [6.45, 7) is 2.41. The number of aryl methyl sites for hydroxylation is 1. The molecule has 1 saturated heterocycles. The lowest BCUT2D eigenvalue weighted by Gasteiger charge is -2.21. The molecule has 1 aliphatic rings. The summed E-state index contributed by atoms with van der Waals surface area (Å²) in [5.74, 6) is 5.35. The molecule has 1 fully saturated rings. The number of likely N-dealkylation sites (tertiary alicyclic amines) is 1. The SMILES string of the molecule is C[C@@H](CCCc1ccccc1)[C@H](O)C=C[C@H]1CCC(=O)N1CC#CCCCC(=O)O. The van der Waals surface area contributed by atoms with Crippen molar-refractivity contribution in [3.8, 4) is 11.8 Å². The fourth-order valence-corrected chi connectivity index (χ4v) is 3.59. The first-order valence-electron chi connectivity index (χ1n) is 10.8. The molecule has 30 heavy (non-hydrogen) atoms. The van der Waals surface area contributed by atoms with E-state index >= 15 is 0 Å². The van der Waals surface area contributed by atoms with Crippen LogP contribution in [-0.2, 0) is 16.0 Å². The van der Waals surface area contributed by atoms with E-state index in [9.17, 15) is 14.7 Å². The van der Waals surface area contributed by atoms with Gasteiger partial charge >= 0.3 is 5.97 Å². The number of hydrogen-bond acceptors (Lipinski definition) is 3. The van der Waals surface area contributed by atoms with Gasteiger partial charge in [-0.2, -0.15) is 0 Å². The smallest absolute Gasteiger partial charge is 0.303 e. The van der Waals surface area contributed by atoms with Crippen molar-refractivity contribution in [2.75, 3.05) is 6.54 Å². The predicted octanol–water partition coefficient (Wildman–Crippen LogP) is 3.81. The molecule has 162 valence electrons. The zero-order chi connectivity index (χ0) is 21.8. The fraction of sp³-hybridized carbons (Fsp3) is 0.520. The van der Waals surface area contributed by atoms with Crippen molar-refractivity contribution >= 4 is 11.9 Å². The molecule has 0 spiro atoms. The van der Waals surface area contributed by atoms with E-state index in [2.05, 4.69) is 30.9 Å². The van der Waals surface area contributed by atoms with Crippen molar-refractivity contribution in [2.45, 2.75) is 70.4 Å². The predicted molar refractivity (Wildman–Crippen MR) is 118 cm³/mol. The molecule has 0 unspecified atom stereocenters. The molecule has 0 aromatic heterocycles. The maximum atomic E-state index is 12.1. The molecule has 0 bridgehead atoms. The minimum atomic E-state index is -0.815. The number of carboxylic acid groups (broad SMARTS) is 1. The standard InChI is InChI=1S/C25H33NO4/c1-20(10-9-13-21-11-5-4-6-12-21)23(27)17-15-22-16-18-24(28)26(22)19-8-3-2-7-14-25(29)30/h4-6,11-12,15,17,20,22-23,27H,2,7,9-10,13-14,16,18-19H2,1H3,(H,29,30)/t20-,22-,23+/m0/s1. The summed E-state index contributed by atoms with van der Waals surface area (Å²) in [7, 11) is 0. The maximum Gasteiger partial charge on any atom is 0.303 e. The van der Waals surface area contributed by atoms with E-state index in [1.165, 1.54) is 5.56 Å². The Bertz CT molecular complexity index is 762. The van der Waals surface area contributed by atoms with Gasteiger partial charge in [0.2, 0.25) is 5.91 Å². The number of nitrogens with zero attached hydrogens (tertiary/aromatic N) is 1. The Morgan fingerprint density at radius 2 is 2.03 bits per heavy atom. The highest BCUT2D eigenvalue weighted by atomic mass is 16.4. The van der Waals surface area contributed by atoms with E-state index in [0.717, 1.165) is 25.7 Å². The molecule has 1 aromatic carbocycles. The summed E-state index contributed by atoms with van der Waals surface area (Å²) in [4.78, 5) is 24.4. The first-order chi connectivity index (χ1) is 14.5. The fourth-order valence-electron chi connectivity index (χ4n) is 3.59. The van der Waals surface area contributed by atoms with E-state index in [1.807, 2.05) is 30.4 Å². The third kappa shape index (κ3) is 8.42. The van der Waals surface area contributed by atoms with Crippen molar-refractivity contribution in [1.82, 2.24) is 4.90 Å². The lowest BCUT2D eigenvalue weighted by Crippen LogP contribution is -2.32. The second kappa shape index (κ2) is 12.9. The monoisotopic (exact) mass is 411 g/mol. The number of aliphatic hydroxyl groups is 1. The zero-order valence-electron chi connectivity index (χ0n) is 17.8. The third-order valence-electron chi connectivity index (χ3n) is 5.52. The summed E-state index contributed by atoms with van der Waals surface area (Å²) < 4.78 is 0. The summed E-state index contributed by atoms with van der Waals surface area (Å²) in [6.07, 6.45) is 8.62. The molecule has 0 saturated carbocycles. The zero-order valence-corrected chi connectivity index (χ0v) is 17.8. The van der Waals surface area contributed by atoms with Crippen molar-refractivity contribution < 1.29 is 19.8 Å². The topological polar surface area (TPSA) is 77.8 Å². The number of rotatable bonds is 11. The molecule has 1 aromatic rings. The Morgan fingerprint density at radius 1 is 1.27 bits per heavy atom. The number of carbonyl (C=O) groups excluding carboxylic acids is 1. The summed E-state index contributed by atoms with van der Waals surface area (Å²) in [5, 5.41) is 19.1. The summed E-state index contributed by atoms with van der Waals surface area (Å²) in [5.41, 5.74) is 1.32. The maximum absolute atomic E-state index is 12.1. The van der Waals surface area contributed by atoms with Gasteiger partial charge in [-0.3, -0.25) is 9.59 Å². The van der Waals surface area contributed by atoms with E-state index < -0.39 is 12.1 Å². The highest BCUT2D eigenvalue weighted by Gasteiger charge is 2.28. The van der Waals surface area contributed by atoms with Crippen LogP contribution in [0.5, 0.6) is 0 Å². The van der Waals surface area contributed by atoms with Crippen molar-refractivity contribution in [3.63, 3.8) is 0 Å². The highest BCUT2D eigenvalue weighted by Crippen LogP contribution is 2.21. The van der Waals surface area contributed by atoms with Gasteiger partial charge < -0.3 is 15.1 Å². The van der Waals surface area contributed by atoms with Crippen LogP contribution in [0.4, 0.5) is 0 Å². The van der Waals surface area contributed by atoms with Crippen LogP contribution in [0.3, 0.4) is 0 Å². The largest absolute Gasteiger partial charge is 0.481 e. The average Bonchev–Trinajstić information content (AvgIpc) is 3.08. The molecule has 2 rings (SSSR count). The summed E-state index contributed by atoms with van der Waals surface area (Å²) in [6, 6.07) is 10.3. The van der Waals surface area contributed by atoms with E-state index in [0.29, 0.717) is 25.8 Å². The van der Waals surface area contributed by atoms with Crippen LogP contribution >= 0.6 is 0 Å². The summed E-state index contributed by atoms with van der Waals surface area (Å²) >= 11 is 0. The number of benzene rings is 1. The van der Waals surface area contributed by atoms with Crippen LogP contribution < -0.4 is 0 Å². The van der Waals surface area contributed by atoms with Crippen molar-refractivity contribution in [1.29, 1.82) is 0 Å². The second-order valence-electron chi connectivity index (χ2n) is 7.96. The van der Waals surface area contributed by atoms with Gasteiger partial charge in [-0.15, -0.1) is 5.92 Å². The van der Waals surface area contributed by atoms with Gasteiger partial charge in [0.1, 0.15) is 0 Å². The number of hydrogen-bond donors (Lipinski definition) is 2. The minimum absolute atomic E-state index is 0.0306. The van der Waals surface area contributed by atoms with Gasteiger partial charge in [0, 0.05) is 19.3 Å². The van der Waals surface area contributed by atoms with Gasteiger partial charge in [0.25, 0.3) is 0 Å². The van der Waals surface area contributed by atoms with Gasteiger partial charge in [-0.1, -0.05) is 55.3 Å². The molecule has 5 nitrogen and oxygen atoms in total. The van der Waals surface area contributed by atoms with E-state index in [-0.39, 0.29) is 24.3 Å². The lowest BCUT2D eigenvalue weighted by molar-refractivity contribution is -0.137. The van der Waals surface area contributed by atoms with Gasteiger partial charge in [-0.05, 0) is 43.6 Å². The van der Waals surface area contributed by atoms with Gasteiger partial charge in [0.05, 0.1) is 18.7 Å². The highest BCUT2D eigenvalue weighted by molar-refractivity contribution is 5.79. The first kappa shape index (κ1) is 23.7. The van der Waals surface area contributed by atoms with Crippen LogP contribution in [0, 0.1) is 17.8 Å². The normalized spacial score (nSPS) is 18.3. The Labute approximate surface area is 179 Å². The van der Waals surface area contributed by atoms with Crippen LogP contribution in [0.15, 0.2) is 42.5 Å². The van der Waals surface area contributed by atoms with Crippen LogP contribution in [0.2, 0.25) is 0 Å². The second-order valence-corrected chi connectivity index (χ2v) is 7.96. The molecule has 1 aliphatic heterocycles. The Hall–Kier alpha value is -2.58. The number of unbranched alkanes of at least 4 members (excludes halogenated alkanes) is 1. The Kier molecular flexibility index (Phi) is 10.2. The molecular formula is C25H33NO4. The average molecular weight is 412 g/mol. The molecule has 3 atom stereocenters. The lowest BCUT2D eigenvalue weighted by atomic mass is 9.95. The minimum Gasteiger partial charge on any atom is -0.481 e. The number of carboxylic acids is 1. The number of carbonyl (C=O) groups is 2. The van der Waals surface area contributed by atoms with Gasteiger partial charge in [-0.25, -0.2) is 0 Å². The number of aliphatic carboxylic acids is 1. The van der Waals surface area contributed by atoms with Crippen molar-refractivity contribution in [2.24, 2.45) is 5.92 Å². The van der Waals surface area contributed by atoms with Crippen LogP contribution in [0.1, 0.15) is 57.4 Å². The van der Waals surface area contributed by atoms with Crippen LogP contribution in [0.25, 0.3) is 0 Å². The molecule has 5 heteroatoms. The molecule has 0 aliphatic carbocycles. The van der Waals surface area contributed by atoms with E-state index in [4.69, 9.17) is 5.11 Å². The van der Waals surface area contributed by atoms with Crippen LogP contribution in [-0.4, -0.2) is 45.7 Å². The number of amides is 1. The van der Waals surface area contributed by atoms with E-state index in [1.54, 1.807) is 4.90 Å². The molecule has 1 heterocycles. The molecular weight excluding hydrogens is 378 g/mol. The number of aliphatic hydroxyl groups excluding tert-OH is 1. The quantitative estimate of drug-likeness (QED) is 0.330.